The summed E-state index contributed by atoms with van der Waals surface area (Å²) in [6.45, 7) is 1.43. The van der Waals surface area contributed by atoms with Gasteiger partial charge in [-0.2, -0.15) is 0 Å². The second-order valence-corrected chi connectivity index (χ2v) is 4.64. The number of nitro benzene ring substituents is 1. The van der Waals surface area contributed by atoms with Crippen LogP contribution >= 0.6 is 12.4 Å². The first kappa shape index (κ1) is 20.4. The molecule has 22 heavy (non-hydrogen) atoms. The average Bonchev–Trinajstić information content (AvgIpc) is 2.50. The Labute approximate surface area is 134 Å². The summed E-state index contributed by atoms with van der Waals surface area (Å²) in [7, 11) is 0. The molecule has 0 spiro atoms. The first-order valence-electron chi connectivity index (χ1n) is 6.70. The molecule has 0 aliphatic carbocycles. The van der Waals surface area contributed by atoms with Gasteiger partial charge in [0.25, 0.3) is 5.69 Å². The fourth-order valence-electron chi connectivity index (χ4n) is 1.73. The fraction of sp³-hybridized carbons (Fsp3) is 0.538. The van der Waals surface area contributed by atoms with Gasteiger partial charge in [0.2, 0.25) is 0 Å². The second-order valence-electron chi connectivity index (χ2n) is 4.64. The smallest absolute Gasteiger partial charge is 0.294 e. The van der Waals surface area contributed by atoms with Gasteiger partial charge in [-0.1, -0.05) is 6.92 Å². The zero-order valence-corrected chi connectivity index (χ0v) is 13.0. The zero-order chi connectivity index (χ0) is 15.8. The Hall–Kier alpha value is -1.61. The van der Waals surface area contributed by atoms with Gasteiger partial charge >= 0.3 is 0 Å². The number of rotatable bonds is 9. The Morgan fingerprint density at radius 3 is 2.50 bits per heavy atom. The number of nitrogens with zero attached hydrogens (tertiary/aromatic N) is 1. The standard InChI is InChI=1S/C13H21N3O5.ClH/c1-2-9(7-17)15-10-3-4-12(13(5-10)16(20)21)14-6-11(19)8-18;/h3-5,9,11,14-15,17-19H,2,6-8H2,1H3;1H. The predicted octanol–water partition coefficient (Wildman–Crippen LogP) is 0.964. The van der Waals surface area contributed by atoms with Crippen molar-refractivity contribution in [1.82, 2.24) is 0 Å². The summed E-state index contributed by atoms with van der Waals surface area (Å²) in [5, 5.41) is 43.9. The Morgan fingerprint density at radius 1 is 1.32 bits per heavy atom. The van der Waals surface area contributed by atoms with Crippen molar-refractivity contribution in [2.24, 2.45) is 0 Å². The van der Waals surface area contributed by atoms with Crippen molar-refractivity contribution in [3.05, 3.63) is 28.3 Å². The summed E-state index contributed by atoms with van der Waals surface area (Å²) in [5.41, 5.74) is 0.656. The van der Waals surface area contributed by atoms with Gasteiger partial charge in [0.1, 0.15) is 5.69 Å². The Bertz CT molecular complexity index is 471. The Balaban J connectivity index is 0.00000441. The van der Waals surface area contributed by atoms with Crippen molar-refractivity contribution >= 4 is 29.5 Å². The van der Waals surface area contributed by atoms with Crippen LogP contribution < -0.4 is 10.6 Å². The quantitative estimate of drug-likeness (QED) is 0.336. The maximum atomic E-state index is 11.1. The lowest BCUT2D eigenvalue weighted by atomic mass is 10.2. The third-order valence-corrected chi connectivity index (χ3v) is 3.02. The van der Waals surface area contributed by atoms with Crippen molar-refractivity contribution < 1.29 is 20.2 Å². The predicted molar refractivity (Wildman–Crippen MR) is 86.7 cm³/mol. The molecule has 0 fully saturated rings. The largest absolute Gasteiger partial charge is 0.394 e. The molecule has 5 N–H and O–H groups in total. The molecule has 126 valence electrons. The van der Waals surface area contributed by atoms with Crippen molar-refractivity contribution in [1.29, 1.82) is 0 Å². The molecule has 0 aliphatic rings. The van der Waals surface area contributed by atoms with Crippen LogP contribution in [0.1, 0.15) is 13.3 Å². The summed E-state index contributed by atoms with van der Waals surface area (Å²) >= 11 is 0. The molecule has 1 rings (SSSR count). The number of aliphatic hydroxyl groups excluding tert-OH is 3. The number of aliphatic hydroxyl groups is 3. The molecule has 0 radical (unpaired) electrons. The molecular formula is C13H22ClN3O5. The van der Waals surface area contributed by atoms with E-state index in [1.807, 2.05) is 6.92 Å². The Kier molecular flexibility index (Phi) is 9.43. The molecule has 2 atom stereocenters. The van der Waals surface area contributed by atoms with E-state index in [9.17, 15) is 15.2 Å². The van der Waals surface area contributed by atoms with Crippen LogP contribution in [0.3, 0.4) is 0 Å². The number of nitrogens with one attached hydrogen (secondary N) is 2. The number of hydrogen-bond acceptors (Lipinski definition) is 7. The van der Waals surface area contributed by atoms with Crippen molar-refractivity contribution in [3.8, 4) is 0 Å². The van der Waals surface area contributed by atoms with Crippen LogP contribution in [0, 0.1) is 10.1 Å². The molecule has 8 nitrogen and oxygen atoms in total. The monoisotopic (exact) mass is 335 g/mol. The molecule has 0 aromatic heterocycles. The molecular weight excluding hydrogens is 314 g/mol. The van der Waals surface area contributed by atoms with E-state index in [0.717, 1.165) is 0 Å². The van der Waals surface area contributed by atoms with Crippen LogP contribution in [0.2, 0.25) is 0 Å². The van der Waals surface area contributed by atoms with Gasteiger partial charge in [0.15, 0.2) is 0 Å². The normalized spacial score (nSPS) is 12.9. The first-order chi connectivity index (χ1) is 10.0. The summed E-state index contributed by atoms with van der Waals surface area (Å²) < 4.78 is 0. The van der Waals surface area contributed by atoms with Crippen LogP contribution in [0.25, 0.3) is 0 Å². The van der Waals surface area contributed by atoms with Crippen molar-refractivity contribution in [2.75, 3.05) is 30.4 Å². The number of halogens is 1. The van der Waals surface area contributed by atoms with E-state index >= 15 is 0 Å². The highest BCUT2D eigenvalue weighted by Gasteiger charge is 2.16. The second kappa shape index (κ2) is 10.2. The van der Waals surface area contributed by atoms with E-state index in [4.69, 9.17) is 10.2 Å². The number of anilines is 2. The third-order valence-electron chi connectivity index (χ3n) is 3.02. The van der Waals surface area contributed by atoms with E-state index in [1.54, 1.807) is 6.07 Å². The molecule has 1 aromatic carbocycles. The van der Waals surface area contributed by atoms with Gasteiger partial charge in [-0.05, 0) is 18.6 Å². The van der Waals surface area contributed by atoms with Crippen LogP contribution in [0.15, 0.2) is 18.2 Å². The fourth-order valence-corrected chi connectivity index (χ4v) is 1.73. The van der Waals surface area contributed by atoms with E-state index in [2.05, 4.69) is 10.6 Å². The number of nitro groups is 1. The van der Waals surface area contributed by atoms with Crippen LogP contribution in [-0.4, -0.2) is 52.1 Å². The SMILES string of the molecule is CCC(CO)Nc1ccc(NCC(O)CO)c([N+](=O)[O-])c1.Cl. The molecule has 0 amide bonds. The number of hydrogen-bond donors (Lipinski definition) is 5. The number of benzene rings is 1. The van der Waals surface area contributed by atoms with Gasteiger partial charge < -0.3 is 26.0 Å². The van der Waals surface area contributed by atoms with Gasteiger partial charge in [-0.25, -0.2) is 0 Å². The summed E-state index contributed by atoms with van der Waals surface area (Å²) in [5.74, 6) is 0. The van der Waals surface area contributed by atoms with E-state index in [-0.39, 0.29) is 43.0 Å². The van der Waals surface area contributed by atoms with Crippen molar-refractivity contribution in [2.45, 2.75) is 25.5 Å². The average molecular weight is 336 g/mol. The molecule has 0 saturated carbocycles. The van der Waals surface area contributed by atoms with E-state index < -0.39 is 17.6 Å². The van der Waals surface area contributed by atoms with Crippen LogP contribution in [0.5, 0.6) is 0 Å². The lowest BCUT2D eigenvalue weighted by Crippen LogP contribution is -2.24. The van der Waals surface area contributed by atoms with Crippen LogP contribution in [0.4, 0.5) is 17.1 Å². The molecule has 0 bridgehead atoms. The minimum atomic E-state index is -0.985. The van der Waals surface area contributed by atoms with Crippen LogP contribution in [-0.2, 0) is 0 Å². The molecule has 0 heterocycles. The topological polar surface area (TPSA) is 128 Å². The summed E-state index contributed by atoms with van der Waals surface area (Å²) in [4.78, 5) is 10.6. The zero-order valence-electron chi connectivity index (χ0n) is 12.2. The highest BCUT2D eigenvalue weighted by atomic mass is 35.5. The van der Waals surface area contributed by atoms with Crippen molar-refractivity contribution in [3.63, 3.8) is 0 Å². The van der Waals surface area contributed by atoms with Gasteiger partial charge in [-0.3, -0.25) is 10.1 Å². The molecule has 9 heteroatoms. The maximum Gasteiger partial charge on any atom is 0.294 e. The molecule has 0 aliphatic heterocycles. The van der Waals surface area contributed by atoms with Gasteiger partial charge in [0, 0.05) is 24.3 Å². The summed E-state index contributed by atoms with van der Waals surface area (Å²) in [6, 6.07) is 4.37. The third kappa shape index (κ3) is 6.02. The molecule has 2 unspecified atom stereocenters. The lowest BCUT2D eigenvalue weighted by molar-refractivity contribution is -0.383. The van der Waals surface area contributed by atoms with Gasteiger partial charge in [0.05, 0.1) is 24.2 Å². The molecule has 1 aromatic rings. The Morgan fingerprint density at radius 2 is 2.00 bits per heavy atom. The highest BCUT2D eigenvalue weighted by Crippen LogP contribution is 2.28. The van der Waals surface area contributed by atoms with E-state index in [0.29, 0.717) is 12.1 Å². The molecule has 0 saturated heterocycles. The summed E-state index contributed by atoms with van der Waals surface area (Å²) in [6.07, 6.45) is -0.297. The first-order valence-corrected chi connectivity index (χ1v) is 6.70. The van der Waals surface area contributed by atoms with Gasteiger partial charge in [-0.15, -0.1) is 12.4 Å². The van der Waals surface area contributed by atoms with E-state index in [1.165, 1.54) is 12.1 Å². The minimum Gasteiger partial charge on any atom is -0.394 e. The maximum absolute atomic E-state index is 11.1. The minimum absolute atomic E-state index is 0. The lowest BCUT2D eigenvalue weighted by Gasteiger charge is -2.16. The highest BCUT2D eigenvalue weighted by molar-refractivity contribution is 5.85.